The summed E-state index contributed by atoms with van der Waals surface area (Å²) in [5.74, 6) is 3.67. The summed E-state index contributed by atoms with van der Waals surface area (Å²) in [5.41, 5.74) is 0. The summed E-state index contributed by atoms with van der Waals surface area (Å²) >= 11 is 7.81. The second-order valence-corrected chi connectivity index (χ2v) is 5.08. The topological polar surface area (TPSA) is 0 Å². The Hall–Kier alpha value is 0.640. The third-order valence-electron chi connectivity index (χ3n) is 1.98. The Kier molecular flexibility index (Phi) is 8.69. The van der Waals surface area contributed by atoms with Crippen LogP contribution >= 0.6 is 23.4 Å². The van der Waals surface area contributed by atoms with Crippen LogP contribution in [0.25, 0.3) is 0 Å². The number of alkyl halides is 1. The third kappa shape index (κ3) is 7.30. The van der Waals surface area contributed by atoms with Gasteiger partial charge in [0.2, 0.25) is 0 Å². The van der Waals surface area contributed by atoms with Crippen molar-refractivity contribution in [2.24, 2.45) is 11.8 Å². The quantitative estimate of drug-likeness (QED) is 0.450. The minimum atomic E-state index is 0.749. The molecule has 0 heterocycles. The van der Waals surface area contributed by atoms with Crippen LogP contribution in [0.3, 0.4) is 0 Å². The number of rotatable bonds is 7. The Morgan fingerprint density at radius 3 is 2.42 bits per heavy atom. The van der Waals surface area contributed by atoms with Crippen molar-refractivity contribution >= 4 is 23.4 Å². The molecule has 12 heavy (non-hydrogen) atoms. The van der Waals surface area contributed by atoms with Crippen molar-refractivity contribution in [1.82, 2.24) is 0 Å². The Labute approximate surface area is 86.5 Å². The standard InChI is InChI=1S/C10H21ClS/c1-9(2)7-10(8-11)5-4-6-12-3/h9-10H,4-8H2,1-3H3. The summed E-state index contributed by atoms with van der Waals surface area (Å²) < 4.78 is 0. The van der Waals surface area contributed by atoms with Crippen molar-refractivity contribution < 1.29 is 0 Å². The van der Waals surface area contributed by atoms with Gasteiger partial charge in [0, 0.05) is 5.88 Å². The maximum Gasteiger partial charge on any atom is 0.0251 e. The summed E-state index contributed by atoms with van der Waals surface area (Å²) in [6.07, 6.45) is 6.09. The van der Waals surface area contributed by atoms with Gasteiger partial charge in [0.05, 0.1) is 0 Å². The van der Waals surface area contributed by atoms with E-state index in [1.165, 1.54) is 25.0 Å². The average Bonchev–Trinajstić information content (AvgIpc) is 2.02. The maximum atomic E-state index is 5.88. The number of halogens is 1. The molecule has 0 bridgehead atoms. The lowest BCUT2D eigenvalue weighted by Crippen LogP contribution is -2.06. The van der Waals surface area contributed by atoms with E-state index in [1.807, 2.05) is 11.8 Å². The van der Waals surface area contributed by atoms with E-state index >= 15 is 0 Å². The maximum absolute atomic E-state index is 5.88. The first kappa shape index (κ1) is 12.6. The molecule has 0 aromatic carbocycles. The van der Waals surface area contributed by atoms with Gasteiger partial charge in [0.15, 0.2) is 0 Å². The average molecular weight is 209 g/mol. The number of hydrogen-bond acceptors (Lipinski definition) is 1. The number of hydrogen-bond donors (Lipinski definition) is 0. The first-order valence-electron chi connectivity index (χ1n) is 4.75. The summed E-state index contributed by atoms with van der Waals surface area (Å²) in [5, 5.41) is 0. The summed E-state index contributed by atoms with van der Waals surface area (Å²) in [6.45, 7) is 4.54. The van der Waals surface area contributed by atoms with Crippen LogP contribution in [-0.2, 0) is 0 Å². The van der Waals surface area contributed by atoms with Crippen LogP contribution in [0.2, 0.25) is 0 Å². The highest BCUT2D eigenvalue weighted by Gasteiger charge is 2.08. The van der Waals surface area contributed by atoms with Crippen LogP contribution < -0.4 is 0 Å². The molecule has 0 spiro atoms. The van der Waals surface area contributed by atoms with Crippen LogP contribution in [0.5, 0.6) is 0 Å². The minimum Gasteiger partial charge on any atom is -0.165 e. The largest absolute Gasteiger partial charge is 0.165 e. The zero-order valence-electron chi connectivity index (χ0n) is 8.48. The van der Waals surface area contributed by atoms with E-state index in [0.717, 1.165) is 17.7 Å². The molecular formula is C10H21ClS. The molecule has 0 amide bonds. The molecule has 0 nitrogen and oxygen atoms in total. The predicted octanol–water partition coefficient (Wildman–Crippen LogP) is 4.03. The highest BCUT2D eigenvalue weighted by atomic mass is 35.5. The highest BCUT2D eigenvalue weighted by molar-refractivity contribution is 7.98. The SMILES string of the molecule is CSCCCC(CCl)CC(C)C. The fraction of sp³-hybridized carbons (Fsp3) is 1.00. The molecule has 0 aliphatic heterocycles. The zero-order chi connectivity index (χ0) is 9.40. The fourth-order valence-electron chi connectivity index (χ4n) is 1.44. The van der Waals surface area contributed by atoms with Crippen LogP contribution in [0, 0.1) is 11.8 Å². The second-order valence-electron chi connectivity index (χ2n) is 3.78. The van der Waals surface area contributed by atoms with Gasteiger partial charge in [-0.25, -0.2) is 0 Å². The first-order valence-corrected chi connectivity index (χ1v) is 6.68. The molecular weight excluding hydrogens is 188 g/mol. The van der Waals surface area contributed by atoms with Crippen molar-refractivity contribution in [3.63, 3.8) is 0 Å². The lowest BCUT2D eigenvalue weighted by molar-refractivity contribution is 0.417. The van der Waals surface area contributed by atoms with Gasteiger partial charge in [0.25, 0.3) is 0 Å². The van der Waals surface area contributed by atoms with E-state index in [1.54, 1.807) is 0 Å². The first-order chi connectivity index (χ1) is 5.70. The van der Waals surface area contributed by atoms with E-state index in [-0.39, 0.29) is 0 Å². The van der Waals surface area contributed by atoms with Crippen LogP contribution in [-0.4, -0.2) is 17.9 Å². The molecule has 0 aromatic rings. The molecule has 74 valence electrons. The van der Waals surface area contributed by atoms with Gasteiger partial charge in [0.1, 0.15) is 0 Å². The van der Waals surface area contributed by atoms with Gasteiger partial charge in [-0.15, -0.1) is 11.6 Å². The monoisotopic (exact) mass is 208 g/mol. The summed E-state index contributed by atoms with van der Waals surface area (Å²) in [4.78, 5) is 0. The Morgan fingerprint density at radius 2 is 2.00 bits per heavy atom. The molecule has 0 N–H and O–H groups in total. The van der Waals surface area contributed by atoms with Crippen molar-refractivity contribution in [3.8, 4) is 0 Å². The molecule has 0 aromatic heterocycles. The van der Waals surface area contributed by atoms with E-state index in [0.29, 0.717) is 0 Å². The van der Waals surface area contributed by atoms with Crippen LogP contribution in [0.15, 0.2) is 0 Å². The molecule has 0 saturated heterocycles. The fourth-order valence-corrected chi connectivity index (χ4v) is 2.18. The van der Waals surface area contributed by atoms with Gasteiger partial charge >= 0.3 is 0 Å². The van der Waals surface area contributed by atoms with Crippen molar-refractivity contribution in [2.45, 2.75) is 33.1 Å². The summed E-state index contributed by atoms with van der Waals surface area (Å²) in [6, 6.07) is 0. The van der Waals surface area contributed by atoms with Gasteiger partial charge < -0.3 is 0 Å². The molecule has 0 rings (SSSR count). The van der Waals surface area contributed by atoms with E-state index in [9.17, 15) is 0 Å². The smallest absolute Gasteiger partial charge is 0.0251 e. The van der Waals surface area contributed by atoms with Gasteiger partial charge in [-0.05, 0) is 43.1 Å². The molecule has 1 unspecified atom stereocenters. The van der Waals surface area contributed by atoms with Gasteiger partial charge in [-0.2, -0.15) is 11.8 Å². The molecule has 0 radical (unpaired) electrons. The Bertz CT molecular complexity index is 93.8. The normalized spacial score (nSPS) is 13.8. The molecule has 2 heteroatoms. The Balaban J connectivity index is 3.39. The molecule has 0 saturated carbocycles. The van der Waals surface area contributed by atoms with E-state index in [2.05, 4.69) is 20.1 Å². The minimum absolute atomic E-state index is 0.749. The second kappa shape index (κ2) is 8.25. The predicted molar refractivity (Wildman–Crippen MR) is 61.3 cm³/mol. The molecule has 1 atom stereocenters. The van der Waals surface area contributed by atoms with Gasteiger partial charge in [-0.1, -0.05) is 13.8 Å². The Morgan fingerprint density at radius 1 is 1.33 bits per heavy atom. The van der Waals surface area contributed by atoms with Gasteiger partial charge in [-0.3, -0.25) is 0 Å². The van der Waals surface area contributed by atoms with Crippen molar-refractivity contribution in [1.29, 1.82) is 0 Å². The highest BCUT2D eigenvalue weighted by Crippen LogP contribution is 2.19. The zero-order valence-corrected chi connectivity index (χ0v) is 10.0. The molecule has 0 aliphatic carbocycles. The van der Waals surface area contributed by atoms with E-state index < -0.39 is 0 Å². The number of thioether (sulfide) groups is 1. The third-order valence-corrected chi connectivity index (χ3v) is 3.12. The van der Waals surface area contributed by atoms with Crippen molar-refractivity contribution in [3.05, 3.63) is 0 Å². The molecule has 0 fully saturated rings. The lowest BCUT2D eigenvalue weighted by Gasteiger charge is -2.15. The lowest BCUT2D eigenvalue weighted by atomic mass is 9.95. The van der Waals surface area contributed by atoms with Crippen molar-refractivity contribution in [2.75, 3.05) is 17.9 Å². The van der Waals surface area contributed by atoms with Crippen LogP contribution in [0.1, 0.15) is 33.1 Å². The summed E-state index contributed by atoms with van der Waals surface area (Å²) in [7, 11) is 0. The van der Waals surface area contributed by atoms with E-state index in [4.69, 9.17) is 11.6 Å². The van der Waals surface area contributed by atoms with Crippen LogP contribution in [0.4, 0.5) is 0 Å². The molecule has 0 aliphatic rings.